The van der Waals surface area contributed by atoms with Crippen molar-refractivity contribution in [3.63, 3.8) is 0 Å². The van der Waals surface area contributed by atoms with Gasteiger partial charge in [-0.25, -0.2) is 0 Å². The molecule has 2 N–H and O–H groups in total. The topological polar surface area (TPSA) is 29.3 Å². The molecule has 2 atom stereocenters. The molecule has 14 heavy (non-hydrogen) atoms. The maximum atomic E-state index is 5.80. The van der Waals surface area contributed by atoms with Crippen molar-refractivity contribution >= 4 is 0 Å². The second-order valence-corrected chi connectivity index (χ2v) is 4.12. The number of hydrogen-bond acceptors (Lipinski definition) is 2. The van der Waals surface area contributed by atoms with Crippen LogP contribution in [0.5, 0.6) is 0 Å². The summed E-state index contributed by atoms with van der Waals surface area (Å²) in [4.78, 5) is 2.41. The largest absolute Gasteiger partial charge is 0.330 e. The first-order valence-corrected chi connectivity index (χ1v) is 5.28. The van der Waals surface area contributed by atoms with Crippen LogP contribution in [0.3, 0.4) is 0 Å². The van der Waals surface area contributed by atoms with Crippen molar-refractivity contribution < 1.29 is 0 Å². The maximum absolute atomic E-state index is 5.80. The van der Waals surface area contributed by atoms with Crippen LogP contribution >= 0.6 is 0 Å². The third kappa shape index (κ3) is 1.68. The van der Waals surface area contributed by atoms with Gasteiger partial charge in [-0.05, 0) is 38.0 Å². The Hall–Kier alpha value is -0.860. The van der Waals surface area contributed by atoms with Crippen LogP contribution in [-0.2, 0) is 0 Å². The number of benzene rings is 1. The van der Waals surface area contributed by atoms with Crippen molar-refractivity contribution in [3.8, 4) is 0 Å². The Morgan fingerprint density at radius 1 is 1.36 bits per heavy atom. The molecule has 2 rings (SSSR count). The molecule has 0 saturated carbocycles. The summed E-state index contributed by atoms with van der Waals surface area (Å²) in [5.41, 5.74) is 7.20. The summed E-state index contributed by atoms with van der Waals surface area (Å²) in [7, 11) is 2.19. The molecule has 1 aliphatic heterocycles. The van der Waals surface area contributed by atoms with E-state index in [1.165, 1.54) is 18.5 Å². The maximum Gasteiger partial charge on any atom is 0.0385 e. The van der Waals surface area contributed by atoms with Crippen LogP contribution in [0.1, 0.15) is 18.0 Å². The van der Waals surface area contributed by atoms with E-state index < -0.39 is 0 Å². The molecule has 0 amide bonds. The Bertz CT molecular complexity index is 284. The molecule has 1 fully saturated rings. The fourth-order valence-electron chi connectivity index (χ4n) is 2.45. The van der Waals surface area contributed by atoms with Crippen molar-refractivity contribution in [1.82, 2.24) is 4.90 Å². The van der Waals surface area contributed by atoms with Gasteiger partial charge < -0.3 is 5.73 Å². The van der Waals surface area contributed by atoms with Gasteiger partial charge in [0.1, 0.15) is 0 Å². The van der Waals surface area contributed by atoms with Crippen molar-refractivity contribution in [1.29, 1.82) is 0 Å². The molecule has 2 nitrogen and oxygen atoms in total. The smallest absolute Gasteiger partial charge is 0.0385 e. The van der Waals surface area contributed by atoms with Crippen LogP contribution in [0.4, 0.5) is 0 Å². The Morgan fingerprint density at radius 2 is 2.07 bits per heavy atom. The third-order valence-electron chi connectivity index (χ3n) is 3.22. The zero-order chi connectivity index (χ0) is 9.97. The first-order chi connectivity index (χ1) is 6.83. The van der Waals surface area contributed by atoms with Gasteiger partial charge in [-0.15, -0.1) is 0 Å². The molecule has 0 unspecified atom stereocenters. The fraction of sp³-hybridized carbons (Fsp3) is 0.500. The fourth-order valence-corrected chi connectivity index (χ4v) is 2.45. The minimum atomic E-state index is 0.529. The zero-order valence-electron chi connectivity index (χ0n) is 8.69. The van der Waals surface area contributed by atoms with Crippen molar-refractivity contribution in [2.24, 2.45) is 11.7 Å². The predicted molar refractivity (Wildman–Crippen MR) is 59.0 cm³/mol. The van der Waals surface area contributed by atoms with Gasteiger partial charge in [-0.2, -0.15) is 0 Å². The van der Waals surface area contributed by atoms with E-state index in [1.807, 2.05) is 0 Å². The van der Waals surface area contributed by atoms with Crippen LogP contribution in [0.2, 0.25) is 0 Å². The van der Waals surface area contributed by atoms with Crippen LogP contribution in [0.25, 0.3) is 0 Å². The van der Waals surface area contributed by atoms with Gasteiger partial charge in [-0.1, -0.05) is 30.3 Å². The summed E-state index contributed by atoms with van der Waals surface area (Å²) < 4.78 is 0. The second kappa shape index (κ2) is 4.11. The van der Waals surface area contributed by atoms with E-state index in [0.717, 1.165) is 6.54 Å². The number of hydrogen-bond donors (Lipinski definition) is 1. The number of nitrogens with two attached hydrogens (primary N) is 1. The van der Waals surface area contributed by atoms with E-state index in [0.29, 0.717) is 12.0 Å². The third-order valence-corrected chi connectivity index (χ3v) is 3.22. The molecule has 1 heterocycles. The first-order valence-electron chi connectivity index (χ1n) is 5.28. The molecule has 0 bridgehead atoms. The molecule has 1 aliphatic rings. The van der Waals surface area contributed by atoms with Crippen molar-refractivity contribution in [3.05, 3.63) is 35.9 Å². The minimum Gasteiger partial charge on any atom is -0.330 e. The number of nitrogens with zero attached hydrogens (tertiary/aromatic N) is 1. The molecule has 0 aliphatic carbocycles. The molecule has 76 valence electrons. The summed E-state index contributed by atoms with van der Waals surface area (Å²) >= 11 is 0. The Kier molecular flexibility index (Phi) is 2.85. The van der Waals surface area contributed by atoms with Crippen LogP contribution in [0.15, 0.2) is 30.3 Å². The van der Waals surface area contributed by atoms with Gasteiger partial charge in [0.05, 0.1) is 0 Å². The normalized spacial score (nSPS) is 28.1. The molecular weight excluding hydrogens is 172 g/mol. The highest BCUT2D eigenvalue weighted by Crippen LogP contribution is 2.34. The van der Waals surface area contributed by atoms with Crippen LogP contribution < -0.4 is 5.73 Å². The summed E-state index contributed by atoms with van der Waals surface area (Å²) in [6.07, 6.45) is 1.23. The first kappa shape index (κ1) is 9.69. The van der Waals surface area contributed by atoms with Gasteiger partial charge >= 0.3 is 0 Å². The summed E-state index contributed by atoms with van der Waals surface area (Å²) in [5.74, 6) is 0.627. The van der Waals surface area contributed by atoms with Gasteiger partial charge in [0.25, 0.3) is 0 Å². The number of rotatable bonds is 2. The summed E-state index contributed by atoms with van der Waals surface area (Å²) in [6.45, 7) is 1.96. The minimum absolute atomic E-state index is 0.529. The van der Waals surface area contributed by atoms with Gasteiger partial charge in [0.2, 0.25) is 0 Å². The lowest BCUT2D eigenvalue weighted by molar-refractivity contribution is 0.279. The van der Waals surface area contributed by atoms with Crippen LogP contribution in [-0.4, -0.2) is 25.0 Å². The van der Waals surface area contributed by atoms with Gasteiger partial charge in [0.15, 0.2) is 0 Å². The van der Waals surface area contributed by atoms with Gasteiger partial charge in [0, 0.05) is 6.04 Å². The van der Waals surface area contributed by atoms with E-state index in [2.05, 4.69) is 42.3 Å². The Morgan fingerprint density at radius 3 is 2.71 bits per heavy atom. The summed E-state index contributed by atoms with van der Waals surface area (Å²) in [6, 6.07) is 11.2. The summed E-state index contributed by atoms with van der Waals surface area (Å²) in [5, 5.41) is 0. The van der Waals surface area contributed by atoms with Gasteiger partial charge in [-0.3, -0.25) is 4.90 Å². The highest BCUT2D eigenvalue weighted by atomic mass is 15.2. The molecule has 0 spiro atoms. The highest BCUT2D eigenvalue weighted by Gasteiger charge is 2.31. The Balaban J connectivity index is 2.23. The van der Waals surface area contributed by atoms with Crippen molar-refractivity contribution in [2.75, 3.05) is 20.1 Å². The molecule has 1 saturated heterocycles. The molecular formula is C12H18N2. The predicted octanol–water partition coefficient (Wildman–Crippen LogP) is 1.64. The molecule has 0 aromatic heterocycles. The molecule has 0 radical (unpaired) electrons. The zero-order valence-corrected chi connectivity index (χ0v) is 8.69. The molecule has 2 heteroatoms. The van der Waals surface area contributed by atoms with E-state index in [-0.39, 0.29) is 0 Å². The molecule has 1 aromatic carbocycles. The number of likely N-dealkylation sites (tertiary alicyclic amines) is 1. The highest BCUT2D eigenvalue weighted by molar-refractivity contribution is 5.21. The molecule has 1 aromatic rings. The van der Waals surface area contributed by atoms with E-state index in [1.54, 1.807) is 0 Å². The monoisotopic (exact) mass is 190 g/mol. The standard InChI is InChI=1S/C12H18N2/c1-14-8-7-11(9-13)12(14)10-5-3-2-4-6-10/h2-6,11-12H,7-9,13H2,1H3/t11-,12-/m1/s1. The lowest BCUT2D eigenvalue weighted by atomic mass is 9.94. The van der Waals surface area contributed by atoms with Crippen LogP contribution in [0, 0.1) is 5.92 Å². The average molecular weight is 190 g/mol. The van der Waals surface area contributed by atoms with Crippen molar-refractivity contribution in [2.45, 2.75) is 12.5 Å². The lowest BCUT2D eigenvalue weighted by Gasteiger charge is -2.24. The lowest BCUT2D eigenvalue weighted by Crippen LogP contribution is -2.25. The van der Waals surface area contributed by atoms with E-state index in [4.69, 9.17) is 5.73 Å². The Labute approximate surface area is 85.7 Å². The van der Waals surface area contributed by atoms with E-state index in [9.17, 15) is 0 Å². The SMILES string of the molecule is CN1CC[C@H](CN)[C@H]1c1ccccc1. The quantitative estimate of drug-likeness (QED) is 0.768. The average Bonchev–Trinajstić information content (AvgIpc) is 2.61. The second-order valence-electron chi connectivity index (χ2n) is 4.12. The van der Waals surface area contributed by atoms with E-state index >= 15 is 0 Å².